The number of nitrogens with zero attached hydrogens (tertiary/aromatic N) is 3. The van der Waals surface area contributed by atoms with Crippen LogP contribution in [-0.4, -0.2) is 57.5 Å². The fourth-order valence-corrected chi connectivity index (χ4v) is 4.13. The first-order chi connectivity index (χ1) is 12.7. The van der Waals surface area contributed by atoms with E-state index in [1.54, 1.807) is 12.4 Å². The number of carbonyl (C=O) groups excluding carboxylic acids is 2. The van der Waals surface area contributed by atoms with Gasteiger partial charge in [-0.25, -0.2) is 9.97 Å². The molecule has 0 unspecified atom stereocenters. The third-order valence-corrected chi connectivity index (χ3v) is 5.85. The Bertz CT molecular complexity index is 649. The lowest BCUT2D eigenvalue weighted by Crippen LogP contribution is -2.51. The Balaban J connectivity index is 1.27. The molecule has 3 fully saturated rings. The van der Waals surface area contributed by atoms with Gasteiger partial charge in [0.15, 0.2) is 0 Å². The third-order valence-electron chi connectivity index (χ3n) is 5.85. The number of amides is 2. The second-order valence-electron chi connectivity index (χ2n) is 7.57. The smallest absolute Gasteiger partial charge is 0.249 e. The summed E-state index contributed by atoms with van der Waals surface area (Å²) in [7, 11) is 0. The zero-order valence-corrected chi connectivity index (χ0v) is 15.0. The summed E-state index contributed by atoms with van der Waals surface area (Å²) >= 11 is 0. The Labute approximate surface area is 153 Å². The zero-order valence-electron chi connectivity index (χ0n) is 15.0. The molecule has 26 heavy (non-hydrogen) atoms. The number of carbonyl (C=O) groups is 2. The van der Waals surface area contributed by atoms with Crippen LogP contribution in [0.2, 0.25) is 0 Å². The normalized spacial score (nSPS) is 28.3. The molecule has 1 aromatic heterocycles. The second kappa shape index (κ2) is 7.70. The zero-order chi connectivity index (χ0) is 17.9. The van der Waals surface area contributed by atoms with Crippen LogP contribution in [0.25, 0.3) is 0 Å². The topological polar surface area (TPSA) is 84.4 Å². The minimum absolute atomic E-state index is 0.00935. The fraction of sp³-hybridized carbons (Fsp3) is 0.684. The summed E-state index contributed by atoms with van der Waals surface area (Å²) in [5.74, 6) is 0.185. The highest BCUT2D eigenvalue weighted by molar-refractivity contribution is 5.81. The number of aryl methyl sites for hydroxylation is 1. The van der Waals surface area contributed by atoms with Crippen LogP contribution in [0.4, 0.5) is 0 Å². The molecule has 0 radical (unpaired) electrons. The van der Waals surface area contributed by atoms with Crippen molar-refractivity contribution in [1.82, 2.24) is 20.2 Å². The number of fused-ring (bicyclic) bond motifs is 1. The van der Waals surface area contributed by atoms with Gasteiger partial charge in [0.2, 0.25) is 11.8 Å². The average molecular weight is 358 g/mol. The van der Waals surface area contributed by atoms with Crippen molar-refractivity contribution in [3.05, 3.63) is 24.3 Å². The molecule has 0 bridgehead atoms. The summed E-state index contributed by atoms with van der Waals surface area (Å²) in [6, 6.07) is 0.453. The summed E-state index contributed by atoms with van der Waals surface area (Å²) in [6.07, 6.45) is 11.5. The van der Waals surface area contributed by atoms with Crippen LogP contribution in [0.3, 0.4) is 0 Å². The SMILES string of the molecule is O=C(NC1CCC1)[C@H]1CC[C@@H]2[C@@H](CCN2C(=O)CCc2cncnc2)O1. The summed E-state index contributed by atoms with van der Waals surface area (Å²) in [5, 5.41) is 3.08. The summed E-state index contributed by atoms with van der Waals surface area (Å²) in [4.78, 5) is 34.9. The van der Waals surface area contributed by atoms with Gasteiger partial charge in [0.25, 0.3) is 0 Å². The van der Waals surface area contributed by atoms with Crippen LogP contribution < -0.4 is 5.32 Å². The van der Waals surface area contributed by atoms with Crippen LogP contribution in [0, 0.1) is 0 Å². The van der Waals surface area contributed by atoms with Gasteiger partial charge >= 0.3 is 0 Å². The Morgan fingerprint density at radius 3 is 2.69 bits per heavy atom. The molecule has 2 saturated heterocycles. The number of nitrogens with one attached hydrogen (secondary N) is 1. The van der Waals surface area contributed by atoms with E-state index in [1.807, 2.05) is 4.90 Å². The second-order valence-corrected chi connectivity index (χ2v) is 7.57. The van der Waals surface area contributed by atoms with E-state index < -0.39 is 0 Å². The predicted molar refractivity (Wildman–Crippen MR) is 94.1 cm³/mol. The van der Waals surface area contributed by atoms with Crippen LogP contribution in [0.15, 0.2) is 18.7 Å². The van der Waals surface area contributed by atoms with Crippen LogP contribution in [-0.2, 0) is 20.7 Å². The molecule has 3 heterocycles. The van der Waals surface area contributed by atoms with E-state index in [0.29, 0.717) is 25.3 Å². The fourth-order valence-electron chi connectivity index (χ4n) is 4.13. The van der Waals surface area contributed by atoms with Crippen molar-refractivity contribution >= 4 is 11.8 Å². The molecular weight excluding hydrogens is 332 g/mol. The Hall–Kier alpha value is -2.02. The van der Waals surface area contributed by atoms with Crippen molar-refractivity contribution in [2.24, 2.45) is 0 Å². The van der Waals surface area contributed by atoms with Gasteiger partial charge in [0.05, 0.1) is 12.1 Å². The number of hydrogen-bond acceptors (Lipinski definition) is 5. The Morgan fingerprint density at radius 1 is 1.15 bits per heavy atom. The standard InChI is InChI=1S/C19H26N4O3/c24-18(7-4-13-10-20-12-21-11-13)23-9-8-16-15(23)5-6-17(26-16)19(25)22-14-2-1-3-14/h10-12,14-17H,1-9H2,(H,22,25)/t15-,16-,17-/m1/s1. The van der Waals surface area contributed by atoms with Gasteiger partial charge < -0.3 is 15.0 Å². The van der Waals surface area contributed by atoms with Gasteiger partial charge in [-0.15, -0.1) is 0 Å². The summed E-state index contributed by atoms with van der Waals surface area (Å²) < 4.78 is 6.06. The number of likely N-dealkylation sites (tertiary alicyclic amines) is 1. The molecule has 140 valence electrons. The lowest BCUT2D eigenvalue weighted by Gasteiger charge is -2.36. The van der Waals surface area contributed by atoms with Crippen molar-refractivity contribution in [2.75, 3.05) is 6.54 Å². The maximum absolute atomic E-state index is 12.6. The Kier molecular flexibility index (Phi) is 5.15. The maximum Gasteiger partial charge on any atom is 0.249 e. The van der Waals surface area contributed by atoms with Gasteiger partial charge in [-0.1, -0.05) is 0 Å². The third kappa shape index (κ3) is 3.72. The number of ether oxygens (including phenoxy) is 1. The van der Waals surface area contributed by atoms with Crippen molar-refractivity contribution in [1.29, 1.82) is 0 Å². The molecule has 7 heteroatoms. The monoisotopic (exact) mass is 358 g/mol. The lowest BCUT2D eigenvalue weighted by molar-refractivity contribution is -0.148. The van der Waals surface area contributed by atoms with Gasteiger partial charge in [-0.3, -0.25) is 9.59 Å². The van der Waals surface area contributed by atoms with Gasteiger partial charge in [-0.05, 0) is 50.5 Å². The van der Waals surface area contributed by atoms with Crippen LogP contribution >= 0.6 is 0 Å². The van der Waals surface area contributed by atoms with Crippen molar-refractivity contribution in [3.8, 4) is 0 Å². The predicted octanol–water partition coefficient (Wildman–Crippen LogP) is 1.23. The van der Waals surface area contributed by atoms with Crippen molar-refractivity contribution < 1.29 is 14.3 Å². The van der Waals surface area contributed by atoms with Crippen LogP contribution in [0.1, 0.15) is 50.5 Å². The van der Waals surface area contributed by atoms with Crippen molar-refractivity contribution in [2.45, 2.75) is 75.7 Å². The molecule has 1 aromatic rings. The number of aromatic nitrogens is 2. The van der Waals surface area contributed by atoms with Crippen LogP contribution in [0.5, 0.6) is 0 Å². The number of rotatable bonds is 5. The molecule has 1 N–H and O–H groups in total. The average Bonchev–Trinajstić information content (AvgIpc) is 3.06. The maximum atomic E-state index is 12.6. The molecule has 1 aliphatic carbocycles. The first-order valence-corrected chi connectivity index (χ1v) is 9.70. The quantitative estimate of drug-likeness (QED) is 0.856. The first kappa shape index (κ1) is 17.4. The molecule has 2 aliphatic heterocycles. The Morgan fingerprint density at radius 2 is 1.96 bits per heavy atom. The van der Waals surface area contributed by atoms with Gasteiger partial charge in [0.1, 0.15) is 12.4 Å². The van der Waals surface area contributed by atoms with E-state index in [9.17, 15) is 9.59 Å². The highest BCUT2D eigenvalue weighted by atomic mass is 16.5. The minimum atomic E-state index is -0.353. The molecular formula is C19H26N4O3. The molecule has 2 amide bonds. The molecule has 3 aliphatic rings. The molecule has 0 spiro atoms. The summed E-state index contributed by atoms with van der Waals surface area (Å²) in [5.41, 5.74) is 0.976. The van der Waals surface area contributed by atoms with Gasteiger partial charge in [-0.2, -0.15) is 0 Å². The molecule has 0 aromatic carbocycles. The lowest BCUT2D eigenvalue weighted by atomic mass is 9.92. The number of hydrogen-bond donors (Lipinski definition) is 1. The highest BCUT2D eigenvalue weighted by Gasteiger charge is 2.43. The van der Waals surface area contributed by atoms with Gasteiger partial charge in [0, 0.05) is 31.4 Å². The highest BCUT2D eigenvalue weighted by Crippen LogP contribution is 2.32. The van der Waals surface area contributed by atoms with E-state index in [1.165, 1.54) is 12.7 Å². The summed E-state index contributed by atoms with van der Waals surface area (Å²) in [6.45, 7) is 0.719. The minimum Gasteiger partial charge on any atom is -0.363 e. The van der Waals surface area contributed by atoms with E-state index in [2.05, 4.69) is 15.3 Å². The van der Waals surface area contributed by atoms with E-state index in [-0.39, 0.29) is 30.1 Å². The first-order valence-electron chi connectivity index (χ1n) is 9.70. The largest absolute Gasteiger partial charge is 0.363 e. The van der Waals surface area contributed by atoms with E-state index >= 15 is 0 Å². The molecule has 7 nitrogen and oxygen atoms in total. The molecule has 4 rings (SSSR count). The van der Waals surface area contributed by atoms with E-state index in [0.717, 1.165) is 37.8 Å². The molecule has 3 atom stereocenters. The van der Waals surface area contributed by atoms with Crippen molar-refractivity contribution in [3.63, 3.8) is 0 Å². The molecule has 1 saturated carbocycles. The van der Waals surface area contributed by atoms with E-state index in [4.69, 9.17) is 4.74 Å².